The number of benzene rings is 1. The van der Waals surface area contributed by atoms with Crippen LogP contribution in [0.15, 0.2) is 12.1 Å². The maximum Gasteiger partial charge on any atom is 0.341 e. The van der Waals surface area contributed by atoms with Crippen LogP contribution in [0.2, 0.25) is 0 Å². The quantitative estimate of drug-likeness (QED) is 0.712. The SMILES string of the molecule is CCOC(=O)c1c(NC(C)=O)sc2c(OCCN3CCOCC3)c(C)ccc12. The molecule has 2 heterocycles. The molecule has 0 spiro atoms. The lowest BCUT2D eigenvalue weighted by Crippen LogP contribution is -2.38. The van der Waals surface area contributed by atoms with Crippen LogP contribution < -0.4 is 10.1 Å². The Kier molecular flexibility index (Phi) is 6.88. The van der Waals surface area contributed by atoms with Gasteiger partial charge >= 0.3 is 5.97 Å². The molecule has 3 rings (SSSR count). The van der Waals surface area contributed by atoms with Crippen LogP contribution in [0.1, 0.15) is 29.8 Å². The highest BCUT2D eigenvalue weighted by Crippen LogP contribution is 2.42. The van der Waals surface area contributed by atoms with Gasteiger partial charge in [-0.3, -0.25) is 9.69 Å². The average molecular weight is 407 g/mol. The van der Waals surface area contributed by atoms with Gasteiger partial charge in [0.1, 0.15) is 22.9 Å². The van der Waals surface area contributed by atoms with Gasteiger partial charge in [-0.05, 0) is 19.4 Å². The van der Waals surface area contributed by atoms with Gasteiger partial charge in [0.15, 0.2) is 0 Å². The molecule has 1 aromatic heterocycles. The molecule has 0 unspecified atom stereocenters. The molecule has 1 fully saturated rings. The van der Waals surface area contributed by atoms with Gasteiger partial charge < -0.3 is 19.5 Å². The van der Waals surface area contributed by atoms with Crippen molar-refractivity contribution in [1.29, 1.82) is 0 Å². The van der Waals surface area contributed by atoms with Crippen LogP contribution in [0, 0.1) is 6.92 Å². The van der Waals surface area contributed by atoms with Crippen molar-refractivity contribution in [3.05, 3.63) is 23.3 Å². The van der Waals surface area contributed by atoms with Gasteiger partial charge in [0.05, 0.1) is 24.5 Å². The van der Waals surface area contributed by atoms with Crippen LogP contribution in [0.5, 0.6) is 5.75 Å². The zero-order valence-corrected chi connectivity index (χ0v) is 17.3. The number of carbonyl (C=O) groups excluding carboxylic acids is 2. The first-order valence-corrected chi connectivity index (χ1v) is 10.3. The van der Waals surface area contributed by atoms with Crippen molar-refractivity contribution in [2.45, 2.75) is 20.8 Å². The monoisotopic (exact) mass is 406 g/mol. The van der Waals surface area contributed by atoms with E-state index in [1.165, 1.54) is 18.3 Å². The molecule has 0 saturated carbocycles. The molecule has 0 radical (unpaired) electrons. The second-order valence-electron chi connectivity index (χ2n) is 6.60. The van der Waals surface area contributed by atoms with E-state index in [-0.39, 0.29) is 12.5 Å². The molecule has 7 nitrogen and oxygen atoms in total. The predicted molar refractivity (Wildman–Crippen MR) is 110 cm³/mol. The number of aryl methyl sites for hydroxylation is 1. The number of thiophene rings is 1. The Hall–Kier alpha value is -2.16. The van der Waals surface area contributed by atoms with E-state index in [1.807, 2.05) is 19.1 Å². The van der Waals surface area contributed by atoms with Crippen molar-refractivity contribution in [3.63, 3.8) is 0 Å². The number of fused-ring (bicyclic) bond motifs is 1. The molecule has 1 saturated heterocycles. The fourth-order valence-corrected chi connectivity index (χ4v) is 4.46. The maximum atomic E-state index is 12.5. The molecule has 1 N–H and O–H groups in total. The third kappa shape index (κ3) is 4.63. The lowest BCUT2D eigenvalue weighted by molar-refractivity contribution is -0.114. The Bertz CT molecular complexity index is 858. The Morgan fingerprint density at radius 1 is 1.29 bits per heavy atom. The fraction of sp³-hybridized carbons (Fsp3) is 0.500. The van der Waals surface area contributed by atoms with Gasteiger partial charge in [-0.1, -0.05) is 12.1 Å². The van der Waals surface area contributed by atoms with E-state index in [9.17, 15) is 9.59 Å². The molecule has 152 valence electrons. The average Bonchev–Trinajstić information content (AvgIpc) is 3.02. The summed E-state index contributed by atoms with van der Waals surface area (Å²) in [6.07, 6.45) is 0. The summed E-state index contributed by atoms with van der Waals surface area (Å²) in [7, 11) is 0. The Balaban J connectivity index is 1.89. The summed E-state index contributed by atoms with van der Waals surface area (Å²) < 4.78 is 17.5. The van der Waals surface area contributed by atoms with E-state index < -0.39 is 5.97 Å². The molecule has 0 atom stereocenters. The number of ether oxygens (including phenoxy) is 3. The highest BCUT2D eigenvalue weighted by molar-refractivity contribution is 7.23. The largest absolute Gasteiger partial charge is 0.490 e. The second kappa shape index (κ2) is 9.36. The van der Waals surface area contributed by atoms with Crippen LogP contribution in [-0.2, 0) is 14.3 Å². The molecular formula is C20H26N2O5S. The smallest absolute Gasteiger partial charge is 0.341 e. The van der Waals surface area contributed by atoms with Crippen LogP contribution in [0.25, 0.3) is 10.1 Å². The van der Waals surface area contributed by atoms with E-state index in [4.69, 9.17) is 14.2 Å². The van der Waals surface area contributed by atoms with Gasteiger partial charge in [-0.25, -0.2) is 4.79 Å². The maximum absolute atomic E-state index is 12.5. The molecule has 0 aliphatic carbocycles. The Morgan fingerprint density at radius 3 is 2.71 bits per heavy atom. The third-order valence-electron chi connectivity index (χ3n) is 4.54. The topological polar surface area (TPSA) is 77.1 Å². The van der Waals surface area contributed by atoms with Crippen LogP contribution >= 0.6 is 11.3 Å². The number of rotatable bonds is 7. The first-order valence-electron chi connectivity index (χ1n) is 9.45. The Labute approximate surface area is 168 Å². The van der Waals surface area contributed by atoms with Crippen molar-refractivity contribution in [3.8, 4) is 5.75 Å². The zero-order valence-electron chi connectivity index (χ0n) is 16.5. The number of hydrogen-bond donors (Lipinski definition) is 1. The van der Waals surface area contributed by atoms with E-state index in [0.717, 1.165) is 54.2 Å². The van der Waals surface area contributed by atoms with Crippen molar-refractivity contribution in [2.75, 3.05) is 51.4 Å². The number of carbonyl (C=O) groups is 2. The molecule has 1 amide bonds. The number of anilines is 1. The summed E-state index contributed by atoms with van der Waals surface area (Å²) >= 11 is 1.34. The van der Waals surface area contributed by atoms with Gasteiger partial charge in [0, 0.05) is 31.9 Å². The van der Waals surface area contributed by atoms with Crippen LogP contribution in [0.3, 0.4) is 0 Å². The molecule has 2 aromatic rings. The molecule has 1 aromatic carbocycles. The lowest BCUT2D eigenvalue weighted by Gasteiger charge is -2.26. The van der Waals surface area contributed by atoms with E-state index >= 15 is 0 Å². The summed E-state index contributed by atoms with van der Waals surface area (Å²) in [5, 5.41) is 3.98. The van der Waals surface area contributed by atoms with Crippen molar-refractivity contribution >= 4 is 38.3 Å². The molecule has 0 bridgehead atoms. The minimum Gasteiger partial charge on any atom is -0.490 e. The fourth-order valence-electron chi connectivity index (χ4n) is 3.17. The van der Waals surface area contributed by atoms with Crippen LogP contribution in [0.4, 0.5) is 5.00 Å². The third-order valence-corrected chi connectivity index (χ3v) is 5.66. The number of amides is 1. The predicted octanol–water partition coefficient (Wildman–Crippen LogP) is 3.06. The summed E-state index contributed by atoms with van der Waals surface area (Å²) in [6.45, 7) is 10.1. The minimum atomic E-state index is -0.444. The summed E-state index contributed by atoms with van der Waals surface area (Å²) in [5.41, 5.74) is 1.37. The lowest BCUT2D eigenvalue weighted by atomic mass is 10.1. The Morgan fingerprint density at radius 2 is 2.04 bits per heavy atom. The van der Waals surface area contributed by atoms with Crippen LogP contribution in [-0.4, -0.2) is 62.8 Å². The van der Waals surface area contributed by atoms with Gasteiger partial charge in [0.2, 0.25) is 5.91 Å². The highest BCUT2D eigenvalue weighted by Gasteiger charge is 2.24. The van der Waals surface area contributed by atoms with Crippen molar-refractivity contribution in [1.82, 2.24) is 4.90 Å². The standard InChI is InChI=1S/C20H26N2O5S/c1-4-26-20(24)16-15-6-5-13(2)17(18(15)28-19(16)21-14(3)23)27-12-9-22-7-10-25-11-8-22/h5-6H,4,7-12H2,1-3H3,(H,21,23). The van der Waals surface area contributed by atoms with Crippen molar-refractivity contribution < 1.29 is 23.8 Å². The number of morpholine rings is 1. The molecule has 1 aliphatic rings. The van der Waals surface area contributed by atoms with E-state index in [1.54, 1.807) is 6.92 Å². The molecule has 8 heteroatoms. The number of esters is 1. The molecular weight excluding hydrogens is 380 g/mol. The van der Waals surface area contributed by atoms with Gasteiger partial charge in [0.25, 0.3) is 0 Å². The number of nitrogens with one attached hydrogen (secondary N) is 1. The summed E-state index contributed by atoms with van der Waals surface area (Å²) in [5.74, 6) is 0.0714. The van der Waals surface area contributed by atoms with Gasteiger partial charge in [-0.15, -0.1) is 11.3 Å². The summed E-state index contributed by atoms with van der Waals surface area (Å²) in [4.78, 5) is 26.4. The molecule has 1 aliphatic heterocycles. The van der Waals surface area contributed by atoms with E-state index in [2.05, 4.69) is 10.2 Å². The number of nitrogens with zero attached hydrogens (tertiary/aromatic N) is 1. The minimum absolute atomic E-state index is 0.233. The molecule has 28 heavy (non-hydrogen) atoms. The zero-order chi connectivity index (χ0) is 20.1. The van der Waals surface area contributed by atoms with Crippen molar-refractivity contribution in [2.24, 2.45) is 0 Å². The first-order chi connectivity index (χ1) is 13.5. The van der Waals surface area contributed by atoms with Gasteiger partial charge in [-0.2, -0.15) is 0 Å². The number of hydrogen-bond acceptors (Lipinski definition) is 7. The highest BCUT2D eigenvalue weighted by atomic mass is 32.1. The normalized spacial score (nSPS) is 14.8. The first kappa shape index (κ1) is 20.6. The van der Waals surface area contributed by atoms with E-state index in [0.29, 0.717) is 17.2 Å². The summed E-state index contributed by atoms with van der Waals surface area (Å²) in [6, 6.07) is 3.81. The second-order valence-corrected chi connectivity index (χ2v) is 7.62.